The number of benzene rings is 1. The maximum absolute atomic E-state index is 12.4. The van der Waals surface area contributed by atoms with Gasteiger partial charge in [-0.05, 0) is 30.7 Å². The Morgan fingerprint density at radius 2 is 1.89 bits per heavy atom. The van der Waals surface area contributed by atoms with E-state index in [1.807, 2.05) is 28.8 Å². The molecule has 3 aromatic heterocycles. The van der Waals surface area contributed by atoms with Gasteiger partial charge in [-0.1, -0.05) is 23.4 Å². The van der Waals surface area contributed by atoms with Crippen LogP contribution in [0.5, 0.6) is 0 Å². The molecule has 0 aliphatic carbocycles. The smallest absolute Gasteiger partial charge is 0.277 e. The summed E-state index contributed by atoms with van der Waals surface area (Å²) in [6.45, 7) is 0.718. The molecule has 28 heavy (non-hydrogen) atoms. The van der Waals surface area contributed by atoms with Gasteiger partial charge in [0.25, 0.3) is 5.56 Å². The molecule has 142 valence electrons. The van der Waals surface area contributed by atoms with Crippen LogP contribution in [0.15, 0.2) is 53.5 Å². The van der Waals surface area contributed by atoms with Crippen molar-refractivity contribution in [1.29, 1.82) is 0 Å². The third kappa shape index (κ3) is 3.73. The third-order valence-corrected chi connectivity index (χ3v) is 4.46. The lowest BCUT2D eigenvalue weighted by molar-refractivity contribution is -0.121. The molecule has 0 aliphatic rings. The molecule has 0 unspecified atom stereocenters. The molecule has 0 atom stereocenters. The van der Waals surface area contributed by atoms with Gasteiger partial charge in [0.15, 0.2) is 5.65 Å². The maximum Gasteiger partial charge on any atom is 0.277 e. The first-order valence-electron chi connectivity index (χ1n) is 9.10. The molecule has 1 amide bonds. The molecule has 4 aromatic rings. The maximum atomic E-state index is 12.4. The second-order valence-corrected chi connectivity index (χ2v) is 6.38. The number of rotatable bonds is 7. The van der Waals surface area contributed by atoms with Crippen molar-refractivity contribution in [1.82, 2.24) is 34.9 Å². The van der Waals surface area contributed by atoms with Gasteiger partial charge < -0.3 is 5.32 Å². The summed E-state index contributed by atoms with van der Waals surface area (Å²) in [4.78, 5) is 24.4. The topological polar surface area (TPSA) is 107 Å². The molecule has 3 heterocycles. The summed E-state index contributed by atoms with van der Waals surface area (Å²) < 4.78 is 3.16. The number of fused-ring (bicyclic) bond motifs is 2. The van der Waals surface area contributed by atoms with Crippen molar-refractivity contribution in [2.75, 3.05) is 6.54 Å². The Hall–Kier alpha value is -3.62. The van der Waals surface area contributed by atoms with Crippen molar-refractivity contribution < 1.29 is 4.79 Å². The lowest BCUT2D eigenvalue weighted by Gasteiger charge is -2.06. The van der Waals surface area contributed by atoms with Crippen LogP contribution in [0.25, 0.3) is 16.6 Å². The average molecular weight is 377 g/mol. The van der Waals surface area contributed by atoms with Crippen LogP contribution in [0.3, 0.4) is 0 Å². The minimum absolute atomic E-state index is 0.132. The molecule has 9 heteroatoms. The average Bonchev–Trinajstić information content (AvgIpc) is 3.14. The van der Waals surface area contributed by atoms with E-state index in [9.17, 15) is 9.59 Å². The van der Waals surface area contributed by atoms with Gasteiger partial charge in [0, 0.05) is 25.6 Å². The SMILES string of the molecule is O=C(CCn1nnc2ccccc2c1=O)NCCCc1nnc2ccccn12. The standard InChI is InChI=1S/C19H19N7O2/c27-18(10-13-26-19(28)14-6-1-2-7-15(14)21-24-26)20-11-5-9-17-23-22-16-8-3-4-12-25(16)17/h1-4,6-8,12H,5,9-11,13H2,(H,20,27). The quantitative estimate of drug-likeness (QED) is 0.481. The highest BCUT2D eigenvalue weighted by Crippen LogP contribution is 2.05. The Kier molecular flexibility index (Phi) is 5.05. The summed E-state index contributed by atoms with van der Waals surface area (Å²) in [5.41, 5.74) is 1.12. The summed E-state index contributed by atoms with van der Waals surface area (Å²) in [5.74, 6) is 0.732. The summed E-state index contributed by atoms with van der Waals surface area (Å²) in [6.07, 6.45) is 3.55. The van der Waals surface area contributed by atoms with Crippen molar-refractivity contribution in [2.24, 2.45) is 0 Å². The fourth-order valence-electron chi connectivity index (χ4n) is 3.00. The number of amides is 1. The number of pyridine rings is 1. The van der Waals surface area contributed by atoms with E-state index >= 15 is 0 Å². The van der Waals surface area contributed by atoms with Crippen molar-refractivity contribution in [2.45, 2.75) is 25.8 Å². The molecule has 0 saturated heterocycles. The molecule has 0 spiro atoms. The third-order valence-electron chi connectivity index (χ3n) is 4.46. The van der Waals surface area contributed by atoms with Gasteiger partial charge >= 0.3 is 0 Å². The zero-order chi connectivity index (χ0) is 19.3. The van der Waals surface area contributed by atoms with Gasteiger partial charge in [0.1, 0.15) is 11.3 Å². The van der Waals surface area contributed by atoms with E-state index in [-0.39, 0.29) is 24.4 Å². The van der Waals surface area contributed by atoms with E-state index in [2.05, 4.69) is 25.8 Å². The second kappa shape index (κ2) is 7.95. The Morgan fingerprint density at radius 3 is 2.82 bits per heavy atom. The number of nitrogens with one attached hydrogen (secondary N) is 1. The van der Waals surface area contributed by atoms with Gasteiger partial charge in [-0.2, -0.15) is 0 Å². The van der Waals surface area contributed by atoms with Crippen LogP contribution < -0.4 is 10.9 Å². The highest BCUT2D eigenvalue weighted by molar-refractivity contribution is 5.77. The number of aromatic nitrogens is 6. The van der Waals surface area contributed by atoms with Gasteiger partial charge in [-0.3, -0.25) is 14.0 Å². The van der Waals surface area contributed by atoms with Crippen LogP contribution in [0, 0.1) is 0 Å². The van der Waals surface area contributed by atoms with Crippen molar-refractivity contribution >= 4 is 22.5 Å². The minimum atomic E-state index is -0.239. The molecular formula is C19H19N7O2. The van der Waals surface area contributed by atoms with Crippen LogP contribution in [-0.4, -0.2) is 42.0 Å². The largest absolute Gasteiger partial charge is 0.356 e. The van der Waals surface area contributed by atoms with Gasteiger partial charge in [0.2, 0.25) is 5.91 Å². The number of carbonyl (C=O) groups is 1. The summed E-state index contributed by atoms with van der Waals surface area (Å²) in [6, 6.07) is 12.8. The van der Waals surface area contributed by atoms with Crippen LogP contribution in [0.2, 0.25) is 0 Å². The van der Waals surface area contributed by atoms with Crippen LogP contribution in [0.1, 0.15) is 18.7 Å². The minimum Gasteiger partial charge on any atom is -0.356 e. The Balaban J connectivity index is 1.26. The zero-order valence-corrected chi connectivity index (χ0v) is 15.2. The van der Waals surface area contributed by atoms with Gasteiger partial charge in [-0.25, -0.2) is 4.68 Å². The Morgan fingerprint density at radius 1 is 1.04 bits per heavy atom. The van der Waals surface area contributed by atoms with Crippen molar-refractivity contribution in [3.8, 4) is 0 Å². The monoisotopic (exact) mass is 377 g/mol. The normalized spacial score (nSPS) is 11.1. The zero-order valence-electron chi connectivity index (χ0n) is 15.2. The summed E-state index contributed by atoms with van der Waals surface area (Å²) in [7, 11) is 0. The molecule has 9 nitrogen and oxygen atoms in total. The predicted octanol–water partition coefficient (Wildman–Crippen LogP) is 0.973. The van der Waals surface area contributed by atoms with E-state index in [1.54, 1.807) is 24.3 Å². The molecule has 0 fully saturated rings. The highest BCUT2D eigenvalue weighted by atomic mass is 16.2. The van der Waals surface area contributed by atoms with Crippen LogP contribution >= 0.6 is 0 Å². The lowest BCUT2D eigenvalue weighted by Crippen LogP contribution is -2.30. The Bertz CT molecular complexity index is 1180. The molecule has 1 aromatic carbocycles. The number of aryl methyl sites for hydroxylation is 2. The molecule has 0 aliphatic heterocycles. The fourth-order valence-corrected chi connectivity index (χ4v) is 3.00. The van der Waals surface area contributed by atoms with E-state index in [0.717, 1.165) is 17.9 Å². The van der Waals surface area contributed by atoms with E-state index in [0.29, 0.717) is 23.9 Å². The van der Waals surface area contributed by atoms with E-state index < -0.39 is 0 Å². The lowest BCUT2D eigenvalue weighted by atomic mass is 10.2. The second-order valence-electron chi connectivity index (χ2n) is 6.38. The van der Waals surface area contributed by atoms with E-state index in [4.69, 9.17) is 0 Å². The van der Waals surface area contributed by atoms with Crippen LogP contribution in [0.4, 0.5) is 0 Å². The van der Waals surface area contributed by atoms with Crippen LogP contribution in [-0.2, 0) is 17.8 Å². The Labute approximate surface area is 160 Å². The number of nitrogens with zero attached hydrogens (tertiary/aromatic N) is 6. The number of hydrogen-bond acceptors (Lipinski definition) is 6. The molecule has 0 bridgehead atoms. The molecule has 0 saturated carbocycles. The predicted molar refractivity (Wildman–Crippen MR) is 103 cm³/mol. The molecule has 1 N–H and O–H groups in total. The van der Waals surface area contributed by atoms with Gasteiger partial charge in [-0.15, -0.1) is 15.3 Å². The number of carbonyl (C=O) groups excluding carboxylic acids is 1. The highest BCUT2D eigenvalue weighted by Gasteiger charge is 2.08. The summed E-state index contributed by atoms with van der Waals surface area (Å²) in [5, 5.41) is 19.5. The molecular weight excluding hydrogens is 358 g/mol. The first kappa shape index (κ1) is 17.8. The first-order chi connectivity index (χ1) is 13.7. The number of hydrogen-bond donors (Lipinski definition) is 1. The molecule has 4 rings (SSSR count). The summed E-state index contributed by atoms with van der Waals surface area (Å²) >= 11 is 0. The van der Waals surface area contributed by atoms with Crippen molar-refractivity contribution in [3.63, 3.8) is 0 Å². The fraction of sp³-hybridized carbons (Fsp3) is 0.263. The molecule has 0 radical (unpaired) electrons. The van der Waals surface area contributed by atoms with Gasteiger partial charge in [0.05, 0.1) is 11.9 Å². The van der Waals surface area contributed by atoms with Crippen molar-refractivity contribution in [3.05, 3.63) is 64.8 Å². The van der Waals surface area contributed by atoms with E-state index in [1.165, 1.54) is 4.68 Å². The first-order valence-corrected chi connectivity index (χ1v) is 9.10.